The van der Waals surface area contributed by atoms with Gasteiger partial charge in [-0.2, -0.15) is 15.8 Å². The van der Waals surface area contributed by atoms with Gasteiger partial charge in [-0.3, -0.25) is 89.5 Å². The van der Waals surface area contributed by atoms with Crippen LogP contribution in [0.2, 0.25) is 0 Å². The predicted octanol–water partition coefficient (Wildman–Crippen LogP) is 7.52. The summed E-state index contributed by atoms with van der Waals surface area (Å²) in [7, 11) is 20.7. The minimum absolute atomic E-state index is 0.000648. The molecule has 111 heavy (non-hydrogen) atoms. The number of para-hydroxylation sites is 2. The largest absolute Gasteiger partial charge is 0.505 e. The van der Waals surface area contributed by atoms with Crippen molar-refractivity contribution < 1.29 is 103 Å². The number of hydrogen-bond donors (Lipinski definition) is 7. The standard InChI is InChI=1S/C11H11N3O4.C11H14N2O4.C10H9N3O4.C10H11N3O2.C10H12N2O4.C9H10N2O4.C7H5NO5/c1-13(2)11(15)8-4-7(6-12)5-9(14(16)17)10(8)18-3;1-7-5-8(11(14)12(2)3)10(17-4)9(6-7)13(15)16;1-12(2)10(15)7-3-6(5-11)4-8(9(7)14)13(16)17;1-13(2)10(15)7-3-6(5-11)4-8(12)9(7)14;1-6-4-7(10(14)11(2)3)9(13)8(5-6)12(15)16;1-10(2)9(13)6-4-3-5-7(8(6)12)11(14)15;9-6-4(7(10)11)2-1-3-5(6)8(12)13/h4-5H,1-3H3;5-6H,1-4H3;3-4,14H,1-2H3;3-4,14H,12H2,1-2H3;4-5,13H,1-3H3;3-5,12H,1-2H3;1-3,9H,(H,10,11). The highest BCUT2D eigenvalue weighted by Gasteiger charge is 2.30. The van der Waals surface area contributed by atoms with Crippen molar-refractivity contribution in [3.8, 4) is 58.5 Å². The van der Waals surface area contributed by atoms with Crippen molar-refractivity contribution in [3.05, 3.63) is 225 Å². The number of nitrogens with zero attached hydrogens (tertiary/aromatic N) is 15. The summed E-state index contributed by atoms with van der Waals surface area (Å²) in [5.74, 6) is -7.30. The number of hydrogen-bond acceptors (Lipinski definition) is 30. The fraction of sp³-hybridized carbons (Fsp3) is 0.235. The number of anilines is 1. The number of methoxy groups -OCH3 is 2. The molecule has 7 rings (SSSR count). The zero-order chi connectivity index (χ0) is 85.8. The van der Waals surface area contributed by atoms with Crippen LogP contribution < -0.4 is 15.2 Å². The van der Waals surface area contributed by atoms with Crippen LogP contribution in [0, 0.1) is 109 Å². The second kappa shape index (κ2) is 41.6. The van der Waals surface area contributed by atoms with Gasteiger partial charge in [0.05, 0.1) is 118 Å². The maximum absolute atomic E-state index is 11.9. The van der Waals surface area contributed by atoms with Crippen LogP contribution in [-0.2, 0) is 0 Å². The molecule has 0 unspecified atom stereocenters. The summed E-state index contributed by atoms with van der Waals surface area (Å²) in [6.45, 7) is 3.32. The number of aromatic hydroxyl groups is 5. The summed E-state index contributed by atoms with van der Waals surface area (Å²) >= 11 is 0. The molecule has 0 fully saturated rings. The first kappa shape index (κ1) is 93.1. The Kier molecular flexibility index (Phi) is 34.9. The Morgan fingerprint density at radius 2 is 0.595 bits per heavy atom. The number of amides is 6. The molecule has 43 nitrogen and oxygen atoms in total. The third kappa shape index (κ3) is 25.2. The summed E-state index contributed by atoms with van der Waals surface area (Å²) in [6, 6.07) is 25.1. The monoisotopic (exact) mass is 1540 g/mol. The molecule has 0 saturated carbocycles. The molecule has 0 spiro atoms. The topological polar surface area (TPSA) is 635 Å². The summed E-state index contributed by atoms with van der Waals surface area (Å²) in [6.07, 6.45) is 0. The lowest BCUT2D eigenvalue weighted by atomic mass is 10.1. The number of phenolic OH excluding ortho intramolecular Hbond substituents is 4. The van der Waals surface area contributed by atoms with Crippen LogP contribution in [0.1, 0.15) is 100 Å². The van der Waals surface area contributed by atoms with Gasteiger partial charge in [0, 0.05) is 121 Å². The van der Waals surface area contributed by atoms with E-state index in [-0.39, 0.29) is 84.6 Å². The first-order valence-electron chi connectivity index (χ1n) is 30.5. The van der Waals surface area contributed by atoms with Gasteiger partial charge in [0.15, 0.2) is 5.75 Å². The average Bonchev–Trinajstić information content (AvgIpc) is 0.816. The number of aryl methyl sites for hydroxylation is 2. The number of carbonyl (C=O) groups excluding carboxylic acids is 6. The highest BCUT2D eigenvalue weighted by Crippen LogP contribution is 2.37. The molecule has 7 aromatic carbocycles. The number of benzene rings is 7. The van der Waals surface area contributed by atoms with Gasteiger partial charge < -0.3 is 75.2 Å². The summed E-state index contributed by atoms with van der Waals surface area (Å²) in [5, 5.41) is 146. The smallest absolute Gasteiger partial charge is 0.339 e. The van der Waals surface area contributed by atoms with E-state index in [9.17, 15) is 115 Å². The number of carboxylic acid groups (broad SMARTS) is 1. The molecule has 0 aromatic heterocycles. The Bertz CT molecular complexity index is 4880. The molecule has 0 bridgehead atoms. The lowest BCUT2D eigenvalue weighted by molar-refractivity contribution is -0.386. The van der Waals surface area contributed by atoms with Crippen LogP contribution in [-0.4, -0.2) is 230 Å². The number of carboxylic acids is 1. The number of nitrogens with two attached hydrogens (primary N) is 1. The van der Waals surface area contributed by atoms with E-state index in [1.54, 1.807) is 60.2 Å². The van der Waals surface area contributed by atoms with Gasteiger partial charge in [0.2, 0.25) is 34.5 Å². The molecule has 8 N–H and O–H groups in total. The number of nitriles is 3. The van der Waals surface area contributed by atoms with E-state index in [1.165, 1.54) is 150 Å². The van der Waals surface area contributed by atoms with E-state index in [4.69, 9.17) is 41.2 Å². The van der Waals surface area contributed by atoms with Gasteiger partial charge in [-0.25, -0.2) is 4.79 Å². The van der Waals surface area contributed by atoms with Gasteiger partial charge >= 0.3 is 40.1 Å². The minimum Gasteiger partial charge on any atom is -0.505 e. The van der Waals surface area contributed by atoms with E-state index in [1.807, 2.05) is 6.07 Å². The van der Waals surface area contributed by atoms with Crippen LogP contribution in [0.4, 0.5) is 39.8 Å². The number of ether oxygens (including phenoxy) is 2. The van der Waals surface area contributed by atoms with E-state index in [0.717, 1.165) is 41.3 Å². The molecule has 43 heteroatoms. The summed E-state index contributed by atoms with van der Waals surface area (Å²) < 4.78 is 9.88. The Balaban J connectivity index is 0.000000649. The van der Waals surface area contributed by atoms with E-state index < -0.39 is 122 Å². The first-order chi connectivity index (χ1) is 51.5. The van der Waals surface area contributed by atoms with Gasteiger partial charge in [-0.15, -0.1) is 0 Å². The molecule has 0 aliphatic heterocycles. The molecule has 0 atom stereocenters. The number of nitrogen functional groups attached to an aromatic ring is 1. The van der Waals surface area contributed by atoms with Crippen molar-refractivity contribution in [2.45, 2.75) is 13.8 Å². The molecule has 6 amide bonds. The molecule has 0 heterocycles. The molecule has 0 aliphatic rings. The Morgan fingerprint density at radius 1 is 0.351 bits per heavy atom. The quantitative estimate of drug-likeness (QED) is 0.0226. The first-order valence-corrected chi connectivity index (χ1v) is 30.5. The minimum atomic E-state index is -1.40. The lowest BCUT2D eigenvalue weighted by Crippen LogP contribution is -2.22. The molecular weight excluding hydrogens is 1470 g/mol. The van der Waals surface area contributed by atoms with Gasteiger partial charge in [0.1, 0.15) is 5.56 Å². The second-order valence-electron chi connectivity index (χ2n) is 23.2. The van der Waals surface area contributed by atoms with E-state index >= 15 is 0 Å². The summed E-state index contributed by atoms with van der Waals surface area (Å²) in [4.78, 5) is 147. The number of phenols is 5. The normalized spacial score (nSPS) is 9.63. The fourth-order valence-corrected chi connectivity index (χ4v) is 8.53. The van der Waals surface area contributed by atoms with Crippen LogP contribution >= 0.6 is 0 Å². The van der Waals surface area contributed by atoms with E-state index in [2.05, 4.69) is 0 Å². The Labute approximate surface area is 628 Å². The highest BCUT2D eigenvalue weighted by atomic mass is 16.7. The van der Waals surface area contributed by atoms with Crippen molar-refractivity contribution >= 4 is 81.2 Å². The van der Waals surface area contributed by atoms with Gasteiger partial charge in [0.25, 0.3) is 35.4 Å². The molecule has 7 aromatic rings. The predicted molar refractivity (Wildman–Crippen MR) is 390 cm³/mol. The Hall–Kier alpha value is -15.9. The number of nitro groups is 6. The number of nitro benzene ring substituents is 6. The Morgan fingerprint density at radius 3 is 0.928 bits per heavy atom. The summed E-state index contributed by atoms with van der Waals surface area (Å²) in [5.41, 5.74) is 3.47. The number of rotatable bonds is 15. The van der Waals surface area contributed by atoms with Gasteiger partial charge in [-0.1, -0.05) is 12.1 Å². The van der Waals surface area contributed by atoms with Gasteiger partial charge in [-0.05, 0) is 73.5 Å². The fourth-order valence-electron chi connectivity index (χ4n) is 8.53. The van der Waals surface area contributed by atoms with Crippen LogP contribution in [0.3, 0.4) is 0 Å². The van der Waals surface area contributed by atoms with Crippen LogP contribution in [0.15, 0.2) is 97.1 Å². The average molecular weight is 1550 g/mol. The molecule has 586 valence electrons. The molecular formula is C68H72N16O27. The zero-order valence-electron chi connectivity index (χ0n) is 61.8. The third-order valence-corrected chi connectivity index (χ3v) is 13.8. The number of aromatic carboxylic acids is 1. The molecule has 0 saturated heterocycles. The van der Waals surface area contributed by atoms with Crippen molar-refractivity contribution in [2.24, 2.45) is 0 Å². The zero-order valence-corrected chi connectivity index (χ0v) is 61.8. The van der Waals surface area contributed by atoms with Crippen molar-refractivity contribution in [1.82, 2.24) is 29.4 Å². The maximum Gasteiger partial charge on any atom is 0.339 e. The molecule has 0 radical (unpaired) electrons. The van der Waals surface area contributed by atoms with E-state index in [0.29, 0.717) is 11.1 Å². The maximum atomic E-state index is 11.9. The third-order valence-electron chi connectivity index (χ3n) is 13.8. The SMILES string of the molecule is CN(C)C(=O)c1cc(C#N)cc(N)c1O.CN(C)C(=O)c1cc(C#N)cc([N+](=O)[O-])c1O.CN(C)C(=O)c1cccc([N+](=O)[O-])c1O.COc1c(C(=O)N(C)C)cc(C#N)cc1[N+](=O)[O-].COc1c(C(=O)N(C)C)cc(C)cc1[N+](=O)[O-].Cc1cc(C(=O)N(C)C)c(O)c([N+](=O)[O-])c1.O=C(O)c1cccc([N+](=O)[O-])c1O. The second-order valence-corrected chi connectivity index (χ2v) is 23.2. The number of carbonyl (C=O) groups is 7. The van der Waals surface area contributed by atoms with Crippen LogP contribution in [0.25, 0.3) is 0 Å². The van der Waals surface area contributed by atoms with Crippen molar-refractivity contribution in [2.75, 3.05) is 105 Å². The van der Waals surface area contributed by atoms with Crippen molar-refractivity contribution in [3.63, 3.8) is 0 Å². The highest BCUT2D eigenvalue weighted by molar-refractivity contribution is 6.02. The molecule has 0 aliphatic carbocycles. The van der Waals surface area contributed by atoms with Crippen LogP contribution in [0.5, 0.6) is 40.2 Å². The van der Waals surface area contributed by atoms with Crippen molar-refractivity contribution in [1.29, 1.82) is 15.8 Å². The lowest BCUT2D eigenvalue weighted by Gasteiger charge is -2.14.